The van der Waals surface area contributed by atoms with Crippen molar-refractivity contribution >= 4 is 17.9 Å². The number of carbonyl (C=O) groups excluding carboxylic acids is 1. The molecule has 0 bridgehead atoms. The van der Waals surface area contributed by atoms with Gasteiger partial charge in [0.15, 0.2) is 11.5 Å². The van der Waals surface area contributed by atoms with Crippen LogP contribution in [-0.2, 0) is 0 Å². The average molecular weight is 327 g/mol. The quantitative estimate of drug-likeness (QED) is 0.668. The van der Waals surface area contributed by atoms with Crippen molar-refractivity contribution in [2.45, 2.75) is 0 Å². The zero-order valence-electron chi connectivity index (χ0n) is 13.1. The number of carbonyl (C=O) groups is 1. The van der Waals surface area contributed by atoms with E-state index in [1.54, 1.807) is 31.4 Å². The Kier molecular flexibility index (Phi) is 4.81. The predicted octanol–water partition coefficient (Wildman–Crippen LogP) is 2.62. The summed E-state index contributed by atoms with van der Waals surface area (Å²) in [5, 5.41) is 6.59. The first-order valence-electron chi connectivity index (χ1n) is 7.39. The summed E-state index contributed by atoms with van der Waals surface area (Å²) in [5.74, 6) is 1.73. The van der Waals surface area contributed by atoms with E-state index in [0.717, 1.165) is 5.56 Å². The fourth-order valence-electron chi connectivity index (χ4n) is 2.21. The third-order valence-electron chi connectivity index (χ3n) is 3.26. The molecule has 0 aliphatic carbocycles. The lowest BCUT2D eigenvalue weighted by atomic mass is 10.2. The first-order chi connectivity index (χ1) is 11.8. The average Bonchev–Trinajstić information content (AvgIpc) is 2.62. The molecular formula is C17H17N3O4. The van der Waals surface area contributed by atoms with Crippen molar-refractivity contribution in [3.63, 3.8) is 0 Å². The molecule has 1 aliphatic rings. The number of methoxy groups -OCH3 is 1. The number of fused-ring (bicyclic) bond motifs is 1. The largest absolute Gasteiger partial charge is 0.493 e. The molecule has 124 valence electrons. The van der Waals surface area contributed by atoms with Crippen molar-refractivity contribution in [3.8, 4) is 17.2 Å². The molecule has 24 heavy (non-hydrogen) atoms. The van der Waals surface area contributed by atoms with Crippen LogP contribution in [0.15, 0.2) is 47.6 Å². The number of benzene rings is 2. The second-order valence-corrected chi connectivity index (χ2v) is 4.94. The lowest BCUT2D eigenvalue weighted by molar-refractivity contribution is 0.165. The molecule has 0 saturated heterocycles. The van der Waals surface area contributed by atoms with Gasteiger partial charge in [0, 0.05) is 11.3 Å². The summed E-state index contributed by atoms with van der Waals surface area (Å²) < 4.78 is 16.4. The van der Waals surface area contributed by atoms with Crippen molar-refractivity contribution in [3.05, 3.63) is 48.0 Å². The summed E-state index contributed by atoms with van der Waals surface area (Å²) in [6.45, 7) is 0.965. The van der Waals surface area contributed by atoms with Crippen LogP contribution >= 0.6 is 0 Å². The molecule has 7 heteroatoms. The minimum atomic E-state index is -0.429. The maximum absolute atomic E-state index is 11.8. The van der Waals surface area contributed by atoms with Crippen LogP contribution in [0.2, 0.25) is 0 Å². The first-order valence-corrected chi connectivity index (χ1v) is 7.39. The number of hydrogen-bond donors (Lipinski definition) is 2. The molecule has 0 unspecified atom stereocenters. The van der Waals surface area contributed by atoms with Gasteiger partial charge in [-0.05, 0) is 24.3 Å². The Morgan fingerprint density at radius 2 is 2.00 bits per heavy atom. The van der Waals surface area contributed by atoms with Crippen molar-refractivity contribution in [1.29, 1.82) is 0 Å². The Hall–Kier alpha value is -3.22. The number of ether oxygens (including phenoxy) is 3. The highest BCUT2D eigenvalue weighted by atomic mass is 16.6. The summed E-state index contributed by atoms with van der Waals surface area (Å²) in [6.07, 6.45) is 1.51. The monoisotopic (exact) mass is 327 g/mol. The lowest BCUT2D eigenvalue weighted by Crippen LogP contribution is -2.24. The number of nitrogens with zero attached hydrogens (tertiary/aromatic N) is 1. The van der Waals surface area contributed by atoms with Crippen LogP contribution in [0.25, 0.3) is 0 Å². The normalized spacial score (nSPS) is 12.7. The zero-order chi connectivity index (χ0) is 16.8. The molecule has 0 aromatic heterocycles. The van der Waals surface area contributed by atoms with Gasteiger partial charge in [-0.2, -0.15) is 5.10 Å². The molecule has 2 aromatic rings. The Bertz CT molecular complexity index is 730. The van der Waals surface area contributed by atoms with Gasteiger partial charge in [0.05, 0.1) is 13.3 Å². The molecular weight excluding hydrogens is 310 g/mol. The van der Waals surface area contributed by atoms with Crippen LogP contribution in [0.5, 0.6) is 17.2 Å². The SMILES string of the molecule is COc1cc(/C=N\NC(=O)Nc2ccccc2)cc2c1OCCO2. The van der Waals surface area contributed by atoms with Crippen LogP contribution in [0.1, 0.15) is 5.56 Å². The second kappa shape index (κ2) is 7.36. The number of rotatable bonds is 4. The fourth-order valence-corrected chi connectivity index (χ4v) is 2.21. The predicted molar refractivity (Wildman–Crippen MR) is 90.2 cm³/mol. The minimum absolute atomic E-state index is 0.429. The van der Waals surface area contributed by atoms with E-state index >= 15 is 0 Å². The van der Waals surface area contributed by atoms with Crippen molar-refractivity contribution in [1.82, 2.24) is 5.43 Å². The summed E-state index contributed by atoms with van der Waals surface area (Å²) in [4.78, 5) is 11.8. The Labute approximate surface area is 139 Å². The highest BCUT2D eigenvalue weighted by Crippen LogP contribution is 2.39. The van der Waals surface area contributed by atoms with Gasteiger partial charge >= 0.3 is 6.03 Å². The second-order valence-electron chi connectivity index (χ2n) is 4.94. The molecule has 2 N–H and O–H groups in total. The number of amides is 2. The summed E-state index contributed by atoms with van der Waals surface area (Å²) in [5.41, 5.74) is 3.81. The topological polar surface area (TPSA) is 81.2 Å². The van der Waals surface area contributed by atoms with Crippen LogP contribution in [-0.4, -0.2) is 32.6 Å². The molecule has 1 heterocycles. The number of hydrogen-bond acceptors (Lipinski definition) is 5. The molecule has 0 atom stereocenters. The zero-order valence-corrected chi connectivity index (χ0v) is 13.1. The van der Waals surface area contributed by atoms with Crippen LogP contribution < -0.4 is 25.0 Å². The van der Waals surface area contributed by atoms with E-state index in [2.05, 4.69) is 15.8 Å². The lowest BCUT2D eigenvalue weighted by Gasteiger charge is -2.20. The number of hydrazone groups is 1. The highest BCUT2D eigenvalue weighted by molar-refractivity contribution is 5.90. The number of anilines is 1. The van der Waals surface area contributed by atoms with Crippen molar-refractivity contribution in [2.24, 2.45) is 5.10 Å². The Morgan fingerprint density at radius 1 is 1.21 bits per heavy atom. The molecule has 2 amide bonds. The van der Waals surface area contributed by atoms with E-state index < -0.39 is 6.03 Å². The van der Waals surface area contributed by atoms with E-state index in [9.17, 15) is 4.79 Å². The van der Waals surface area contributed by atoms with Gasteiger partial charge < -0.3 is 19.5 Å². The standard InChI is InChI=1S/C17H17N3O4/c1-22-14-9-12(10-15-16(14)24-8-7-23-15)11-18-20-17(21)19-13-5-3-2-4-6-13/h2-6,9-11H,7-8H2,1H3,(H2,19,20,21)/b18-11-. The van der Waals surface area contributed by atoms with E-state index in [0.29, 0.717) is 36.1 Å². The van der Waals surface area contributed by atoms with Crippen LogP contribution in [0.4, 0.5) is 10.5 Å². The van der Waals surface area contributed by atoms with E-state index in [4.69, 9.17) is 14.2 Å². The molecule has 0 saturated carbocycles. The first kappa shape index (κ1) is 15.7. The van der Waals surface area contributed by atoms with Gasteiger partial charge in [0.1, 0.15) is 13.2 Å². The molecule has 0 radical (unpaired) electrons. The van der Waals surface area contributed by atoms with Gasteiger partial charge in [-0.15, -0.1) is 0 Å². The number of nitrogens with one attached hydrogen (secondary N) is 2. The molecule has 7 nitrogen and oxygen atoms in total. The summed E-state index contributed by atoms with van der Waals surface area (Å²) in [7, 11) is 1.56. The van der Waals surface area contributed by atoms with E-state index in [1.165, 1.54) is 6.21 Å². The summed E-state index contributed by atoms with van der Waals surface area (Å²) >= 11 is 0. The number of para-hydroxylation sites is 1. The smallest absolute Gasteiger partial charge is 0.339 e. The van der Waals surface area contributed by atoms with Gasteiger partial charge in [0.2, 0.25) is 5.75 Å². The maximum Gasteiger partial charge on any atom is 0.339 e. The highest BCUT2D eigenvalue weighted by Gasteiger charge is 2.17. The van der Waals surface area contributed by atoms with Gasteiger partial charge in [0.25, 0.3) is 0 Å². The van der Waals surface area contributed by atoms with Crippen molar-refractivity contribution in [2.75, 3.05) is 25.6 Å². The maximum atomic E-state index is 11.8. The molecule has 3 rings (SSSR count). The summed E-state index contributed by atoms with van der Waals surface area (Å²) in [6, 6.07) is 12.2. The van der Waals surface area contributed by atoms with Crippen LogP contribution in [0.3, 0.4) is 0 Å². The minimum Gasteiger partial charge on any atom is -0.493 e. The van der Waals surface area contributed by atoms with Gasteiger partial charge in [-0.1, -0.05) is 18.2 Å². The Morgan fingerprint density at radius 3 is 2.79 bits per heavy atom. The van der Waals surface area contributed by atoms with E-state index in [1.807, 2.05) is 18.2 Å². The fraction of sp³-hybridized carbons (Fsp3) is 0.176. The number of urea groups is 1. The molecule has 0 spiro atoms. The third kappa shape index (κ3) is 3.75. The van der Waals surface area contributed by atoms with Gasteiger partial charge in [-0.25, -0.2) is 10.2 Å². The molecule has 2 aromatic carbocycles. The van der Waals surface area contributed by atoms with Gasteiger partial charge in [-0.3, -0.25) is 0 Å². The molecule has 0 fully saturated rings. The van der Waals surface area contributed by atoms with Crippen molar-refractivity contribution < 1.29 is 19.0 Å². The Balaban J connectivity index is 1.65. The molecule has 1 aliphatic heterocycles. The van der Waals surface area contributed by atoms with Crippen LogP contribution in [0, 0.1) is 0 Å². The van der Waals surface area contributed by atoms with E-state index in [-0.39, 0.29) is 0 Å². The third-order valence-corrected chi connectivity index (χ3v) is 3.26.